The highest BCUT2D eigenvalue weighted by atomic mass is 16.1. The Labute approximate surface area is 105 Å². The number of rotatable bonds is 6. The molecule has 100 valence electrons. The summed E-state index contributed by atoms with van der Waals surface area (Å²) >= 11 is 0. The topological polar surface area (TPSA) is 58.4 Å². The smallest absolute Gasteiger partial charge is 0.223 e. The first-order valence-corrected chi connectivity index (χ1v) is 6.85. The predicted molar refractivity (Wildman–Crippen MR) is 70.7 cm³/mol. The van der Waals surface area contributed by atoms with Gasteiger partial charge in [0.1, 0.15) is 0 Å². The van der Waals surface area contributed by atoms with E-state index < -0.39 is 0 Å². The van der Waals surface area contributed by atoms with E-state index in [4.69, 9.17) is 5.73 Å². The maximum Gasteiger partial charge on any atom is 0.223 e. The van der Waals surface area contributed by atoms with Gasteiger partial charge in [-0.2, -0.15) is 0 Å². The molecule has 0 bridgehead atoms. The maximum absolute atomic E-state index is 12.0. The van der Waals surface area contributed by atoms with E-state index in [0.717, 1.165) is 38.9 Å². The molecule has 4 nitrogen and oxygen atoms in total. The fourth-order valence-corrected chi connectivity index (χ4v) is 2.53. The molecule has 1 amide bonds. The zero-order chi connectivity index (χ0) is 12.8. The molecule has 0 aromatic carbocycles. The van der Waals surface area contributed by atoms with Gasteiger partial charge in [0.05, 0.1) is 0 Å². The van der Waals surface area contributed by atoms with Crippen LogP contribution in [-0.4, -0.2) is 42.5 Å². The Bertz CT molecular complexity index is 241. The van der Waals surface area contributed by atoms with Crippen molar-refractivity contribution < 1.29 is 4.79 Å². The van der Waals surface area contributed by atoms with E-state index in [0.29, 0.717) is 0 Å². The lowest BCUT2D eigenvalue weighted by atomic mass is 10.1. The first-order valence-electron chi connectivity index (χ1n) is 6.85. The molecule has 0 saturated heterocycles. The Morgan fingerprint density at radius 2 is 2.06 bits per heavy atom. The van der Waals surface area contributed by atoms with Crippen molar-refractivity contribution in [1.29, 1.82) is 0 Å². The van der Waals surface area contributed by atoms with Crippen LogP contribution in [0.25, 0.3) is 0 Å². The van der Waals surface area contributed by atoms with Crippen molar-refractivity contribution in [1.82, 2.24) is 10.2 Å². The second-order valence-corrected chi connectivity index (χ2v) is 5.17. The molecule has 3 unspecified atom stereocenters. The van der Waals surface area contributed by atoms with Crippen molar-refractivity contribution in [3.05, 3.63) is 0 Å². The number of hydrogen-bond donors (Lipinski definition) is 2. The third-order valence-electron chi connectivity index (χ3n) is 3.66. The van der Waals surface area contributed by atoms with Crippen LogP contribution in [0, 0.1) is 5.92 Å². The maximum atomic E-state index is 12.0. The molecule has 0 spiro atoms. The largest absolute Gasteiger partial charge is 0.352 e. The number of nitrogens with zero attached hydrogens (tertiary/aromatic N) is 1. The van der Waals surface area contributed by atoms with Gasteiger partial charge in [-0.05, 0) is 39.3 Å². The number of nitrogens with one attached hydrogen (secondary N) is 1. The van der Waals surface area contributed by atoms with E-state index in [9.17, 15) is 4.79 Å². The molecule has 3 N–H and O–H groups in total. The molecule has 0 aromatic rings. The number of nitrogens with two attached hydrogens (primary N) is 1. The highest BCUT2D eigenvalue weighted by Gasteiger charge is 2.28. The quantitative estimate of drug-likeness (QED) is 0.728. The van der Waals surface area contributed by atoms with Gasteiger partial charge in [-0.3, -0.25) is 4.79 Å². The molecule has 1 aliphatic carbocycles. The van der Waals surface area contributed by atoms with E-state index in [1.807, 2.05) is 0 Å². The van der Waals surface area contributed by atoms with Gasteiger partial charge < -0.3 is 16.0 Å². The molecule has 1 rings (SSSR count). The first kappa shape index (κ1) is 14.5. The van der Waals surface area contributed by atoms with Gasteiger partial charge in [0.25, 0.3) is 0 Å². The van der Waals surface area contributed by atoms with Crippen LogP contribution in [0.4, 0.5) is 0 Å². The second-order valence-electron chi connectivity index (χ2n) is 5.17. The number of hydrogen-bond acceptors (Lipinski definition) is 3. The normalized spacial score (nSPS) is 26.2. The molecule has 3 atom stereocenters. The van der Waals surface area contributed by atoms with Crippen LogP contribution in [0.1, 0.15) is 40.0 Å². The zero-order valence-electron chi connectivity index (χ0n) is 11.4. The van der Waals surface area contributed by atoms with Crippen molar-refractivity contribution in [2.75, 3.05) is 19.6 Å². The van der Waals surface area contributed by atoms with Crippen LogP contribution >= 0.6 is 0 Å². The molecule has 0 aliphatic heterocycles. The van der Waals surface area contributed by atoms with Crippen molar-refractivity contribution in [2.45, 2.75) is 52.1 Å². The predicted octanol–water partition coefficient (Wildman–Crippen LogP) is 0.960. The van der Waals surface area contributed by atoms with Gasteiger partial charge >= 0.3 is 0 Å². The standard InChI is InChI=1S/C13H27N3O/c1-4-16(5-2)9-10(3)15-13(17)11-6-7-12(14)8-11/h10-12H,4-9,14H2,1-3H3,(H,15,17). The minimum absolute atomic E-state index is 0.143. The second kappa shape index (κ2) is 6.97. The molecule has 1 aliphatic rings. The van der Waals surface area contributed by atoms with E-state index >= 15 is 0 Å². The number of amides is 1. The number of likely N-dealkylation sites (N-methyl/N-ethyl adjacent to an activating group) is 1. The van der Waals surface area contributed by atoms with Crippen LogP contribution in [0.3, 0.4) is 0 Å². The third kappa shape index (κ3) is 4.64. The van der Waals surface area contributed by atoms with E-state index in [2.05, 4.69) is 31.0 Å². The summed E-state index contributed by atoms with van der Waals surface area (Å²) in [5.41, 5.74) is 5.83. The Kier molecular flexibility index (Phi) is 5.92. The summed E-state index contributed by atoms with van der Waals surface area (Å²) in [6.07, 6.45) is 2.79. The molecule has 0 radical (unpaired) electrons. The van der Waals surface area contributed by atoms with Gasteiger partial charge in [0.2, 0.25) is 5.91 Å². The van der Waals surface area contributed by atoms with Gasteiger partial charge in [-0.1, -0.05) is 13.8 Å². The lowest BCUT2D eigenvalue weighted by molar-refractivity contribution is -0.125. The fourth-order valence-electron chi connectivity index (χ4n) is 2.53. The SMILES string of the molecule is CCN(CC)CC(C)NC(=O)C1CCC(N)C1. The zero-order valence-corrected chi connectivity index (χ0v) is 11.4. The molecule has 0 heterocycles. The van der Waals surface area contributed by atoms with Gasteiger partial charge in [0.15, 0.2) is 0 Å². The van der Waals surface area contributed by atoms with Crippen molar-refractivity contribution in [2.24, 2.45) is 11.7 Å². The minimum Gasteiger partial charge on any atom is -0.352 e. The average molecular weight is 241 g/mol. The first-order chi connectivity index (χ1) is 8.06. The van der Waals surface area contributed by atoms with Crippen molar-refractivity contribution >= 4 is 5.91 Å². The summed E-state index contributed by atoms with van der Waals surface area (Å²) in [5, 5.41) is 3.11. The summed E-state index contributed by atoms with van der Waals surface area (Å²) in [7, 11) is 0. The molecular weight excluding hydrogens is 214 g/mol. The minimum atomic E-state index is 0.143. The van der Waals surface area contributed by atoms with Crippen LogP contribution in [0.15, 0.2) is 0 Å². The van der Waals surface area contributed by atoms with Crippen molar-refractivity contribution in [3.8, 4) is 0 Å². The summed E-state index contributed by atoms with van der Waals surface area (Å²) in [4.78, 5) is 14.3. The molecule has 1 saturated carbocycles. The summed E-state index contributed by atoms with van der Waals surface area (Å²) in [6.45, 7) is 9.36. The van der Waals surface area contributed by atoms with E-state index in [-0.39, 0.29) is 23.9 Å². The summed E-state index contributed by atoms with van der Waals surface area (Å²) in [5.74, 6) is 0.335. The molecular formula is C13H27N3O. The lowest BCUT2D eigenvalue weighted by Crippen LogP contribution is -2.44. The Morgan fingerprint density at radius 3 is 2.53 bits per heavy atom. The van der Waals surface area contributed by atoms with E-state index in [1.54, 1.807) is 0 Å². The fraction of sp³-hybridized carbons (Fsp3) is 0.923. The third-order valence-corrected chi connectivity index (χ3v) is 3.66. The van der Waals surface area contributed by atoms with Gasteiger partial charge in [-0.25, -0.2) is 0 Å². The number of carbonyl (C=O) groups is 1. The summed E-state index contributed by atoms with van der Waals surface area (Å²) in [6, 6.07) is 0.447. The number of carbonyl (C=O) groups excluding carboxylic acids is 1. The summed E-state index contributed by atoms with van der Waals surface area (Å²) < 4.78 is 0. The molecule has 17 heavy (non-hydrogen) atoms. The van der Waals surface area contributed by atoms with Crippen molar-refractivity contribution in [3.63, 3.8) is 0 Å². The van der Waals surface area contributed by atoms with Crippen LogP contribution in [-0.2, 0) is 4.79 Å². The van der Waals surface area contributed by atoms with Gasteiger partial charge in [-0.15, -0.1) is 0 Å². The molecule has 1 fully saturated rings. The Morgan fingerprint density at radius 1 is 1.41 bits per heavy atom. The highest BCUT2D eigenvalue weighted by molar-refractivity contribution is 5.79. The monoisotopic (exact) mass is 241 g/mol. The lowest BCUT2D eigenvalue weighted by Gasteiger charge is -2.24. The molecule has 4 heteroatoms. The van der Waals surface area contributed by atoms with Crippen LogP contribution in [0.2, 0.25) is 0 Å². The van der Waals surface area contributed by atoms with E-state index in [1.165, 1.54) is 0 Å². The van der Waals surface area contributed by atoms with Crippen LogP contribution < -0.4 is 11.1 Å². The van der Waals surface area contributed by atoms with Crippen LogP contribution in [0.5, 0.6) is 0 Å². The Hall–Kier alpha value is -0.610. The average Bonchev–Trinajstić information content (AvgIpc) is 2.72. The Balaban J connectivity index is 2.30. The highest BCUT2D eigenvalue weighted by Crippen LogP contribution is 2.24. The molecule has 0 aromatic heterocycles. The van der Waals surface area contributed by atoms with Gasteiger partial charge in [0, 0.05) is 24.5 Å².